The Morgan fingerprint density at radius 2 is 2.05 bits per heavy atom. The first-order valence-electron chi connectivity index (χ1n) is 6.38. The largest absolute Gasteiger partial charge is 0.241 e. The molecule has 0 spiro atoms. The molecule has 2 aromatic carbocycles. The number of aryl methyl sites for hydroxylation is 1. The van der Waals surface area contributed by atoms with Gasteiger partial charge in [0.1, 0.15) is 0 Å². The summed E-state index contributed by atoms with van der Waals surface area (Å²) in [5, 5.41) is 1.94. The van der Waals surface area contributed by atoms with E-state index in [1.807, 2.05) is 25.1 Å². The number of rotatable bonds is 3. The molecule has 0 aliphatic heterocycles. The summed E-state index contributed by atoms with van der Waals surface area (Å²) in [6.45, 7) is 2.05. The highest BCUT2D eigenvalue weighted by Gasteiger charge is 2.14. The standard InChI is InChI=1S/C16H13BrClNS/c1-10-6-7-11(13(18)8-10)12(17)9-16-19-14-4-2-3-5-15(14)20-16/h2-8,12H,9H2,1H3. The SMILES string of the molecule is Cc1ccc(C(Br)Cc2nc3ccccc3s2)c(Cl)c1. The highest BCUT2D eigenvalue weighted by molar-refractivity contribution is 9.09. The van der Waals surface area contributed by atoms with Gasteiger partial charge in [0.05, 0.1) is 15.2 Å². The van der Waals surface area contributed by atoms with Crippen molar-refractivity contribution in [2.24, 2.45) is 0 Å². The van der Waals surface area contributed by atoms with Crippen LogP contribution in [0.15, 0.2) is 42.5 Å². The molecule has 1 unspecified atom stereocenters. The molecule has 1 atom stereocenters. The summed E-state index contributed by atoms with van der Waals surface area (Å²) in [4.78, 5) is 4.86. The van der Waals surface area contributed by atoms with E-state index in [9.17, 15) is 0 Å². The number of aromatic nitrogens is 1. The Labute approximate surface area is 135 Å². The second-order valence-electron chi connectivity index (χ2n) is 4.77. The van der Waals surface area contributed by atoms with Crippen LogP contribution in [0.4, 0.5) is 0 Å². The van der Waals surface area contributed by atoms with Crippen molar-refractivity contribution < 1.29 is 0 Å². The molecule has 0 aliphatic carbocycles. The summed E-state index contributed by atoms with van der Waals surface area (Å²) in [5.41, 5.74) is 3.37. The number of alkyl halides is 1. The maximum absolute atomic E-state index is 6.32. The molecule has 4 heteroatoms. The van der Waals surface area contributed by atoms with E-state index in [4.69, 9.17) is 11.6 Å². The number of nitrogens with zero attached hydrogens (tertiary/aromatic N) is 1. The third kappa shape index (κ3) is 2.90. The lowest BCUT2D eigenvalue weighted by Gasteiger charge is -2.11. The Morgan fingerprint density at radius 1 is 1.25 bits per heavy atom. The van der Waals surface area contributed by atoms with E-state index in [1.54, 1.807) is 11.3 Å². The lowest BCUT2D eigenvalue weighted by atomic mass is 10.1. The number of hydrogen-bond donors (Lipinski definition) is 0. The molecule has 0 bridgehead atoms. The molecule has 1 aromatic heterocycles. The molecule has 0 radical (unpaired) electrons. The van der Waals surface area contributed by atoms with Gasteiger partial charge in [-0.2, -0.15) is 0 Å². The maximum atomic E-state index is 6.32. The first kappa shape index (κ1) is 14.1. The van der Waals surface area contributed by atoms with Gasteiger partial charge in [-0.25, -0.2) is 4.98 Å². The van der Waals surface area contributed by atoms with Gasteiger partial charge in [-0.3, -0.25) is 0 Å². The van der Waals surface area contributed by atoms with Crippen molar-refractivity contribution in [1.82, 2.24) is 4.98 Å². The fourth-order valence-electron chi connectivity index (χ4n) is 2.16. The predicted molar refractivity (Wildman–Crippen MR) is 91.2 cm³/mol. The zero-order valence-corrected chi connectivity index (χ0v) is 14.1. The predicted octanol–water partition coefficient (Wildman–Crippen LogP) is 5.94. The van der Waals surface area contributed by atoms with Gasteiger partial charge in [0.25, 0.3) is 0 Å². The van der Waals surface area contributed by atoms with Crippen LogP contribution in [0.5, 0.6) is 0 Å². The van der Waals surface area contributed by atoms with Gasteiger partial charge < -0.3 is 0 Å². The van der Waals surface area contributed by atoms with Crippen molar-refractivity contribution in [3.63, 3.8) is 0 Å². The quantitative estimate of drug-likeness (QED) is 0.523. The Hall–Kier alpha value is -0.900. The van der Waals surface area contributed by atoms with Gasteiger partial charge in [-0.05, 0) is 36.2 Å². The molecule has 0 fully saturated rings. The minimum atomic E-state index is 0.191. The Kier molecular flexibility index (Phi) is 4.11. The highest BCUT2D eigenvalue weighted by atomic mass is 79.9. The van der Waals surface area contributed by atoms with Crippen LogP contribution in [0, 0.1) is 6.92 Å². The summed E-state index contributed by atoms with van der Waals surface area (Å²) in [7, 11) is 0. The van der Waals surface area contributed by atoms with Crippen molar-refractivity contribution >= 4 is 49.1 Å². The van der Waals surface area contributed by atoms with Crippen LogP contribution in [0.2, 0.25) is 5.02 Å². The first-order valence-corrected chi connectivity index (χ1v) is 8.49. The highest BCUT2D eigenvalue weighted by Crippen LogP contribution is 2.34. The van der Waals surface area contributed by atoms with Crippen molar-refractivity contribution in [2.45, 2.75) is 18.2 Å². The molecule has 0 aliphatic rings. The number of halogens is 2. The molecule has 0 saturated heterocycles. The first-order chi connectivity index (χ1) is 9.63. The van der Waals surface area contributed by atoms with Gasteiger partial charge in [0.2, 0.25) is 0 Å². The summed E-state index contributed by atoms with van der Waals surface area (Å²) in [6.07, 6.45) is 0.849. The van der Waals surface area contributed by atoms with Gasteiger partial charge >= 0.3 is 0 Å². The maximum Gasteiger partial charge on any atom is 0.0953 e. The van der Waals surface area contributed by atoms with Gasteiger partial charge in [0.15, 0.2) is 0 Å². The van der Waals surface area contributed by atoms with E-state index in [-0.39, 0.29) is 4.83 Å². The zero-order chi connectivity index (χ0) is 14.1. The van der Waals surface area contributed by atoms with Crippen LogP contribution in [-0.4, -0.2) is 4.98 Å². The van der Waals surface area contributed by atoms with Crippen LogP contribution in [-0.2, 0) is 6.42 Å². The molecule has 1 nitrogen and oxygen atoms in total. The molecule has 0 saturated carbocycles. The van der Waals surface area contributed by atoms with Crippen LogP contribution >= 0.6 is 38.9 Å². The van der Waals surface area contributed by atoms with E-state index in [2.05, 4.69) is 45.2 Å². The number of benzene rings is 2. The number of hydrogen-bond acceptors (Lipinski definition) is 2. The minimum absolute atomic E-state index is 0.191. The normalized spacial score (nSPS) is 12.8. The van der Waals surface area contributed by atoms with Crippen LogP contribution in [0.25, 0.3) is 10.2 Å². The van der Waals surface area contributed by atoms with E-state index in [0.717, 1.165) is 27.5 Å². The van der Waals surface area contributed by atoms with Crippen molar-refractivity contribution in [2.75, 3.05) is 0 Å². The average Bonchev–Trinajstić information content (AvgIpc) is 2.80. The molecule has 3 rings (SSSR count). The third-order valence-electron chi connectivity index (χ3n) is 3.19. The Morgan fingerprint density at radius 3 is 2.80 bits per heavy atom. The summed E-state index contributed by atoms with van der Waals surface area (Å²) in [5.74, 6) is 0. The van der Waals surface area contributed by atoms with E-state index < -0.39 is 0 Å². The van der Waals surface area contributed by atoms with Gasteiger partial charge in [-0.15, -0.1) is 11.3 Å². The van der Waals surface area contributed by atoms with Gasteiger partial charge in [0, 0.05) is 16.3 Å². The zero-order valence-electron chi connectivity index (χ0n) is 10.9. The Balaban J connectivity index is 1.86. The molecule has 0 N–H and O–H groups in total. The van der Waals surface area contributed by atoms with E-state index in [0.29, 0.717) is 0 Å². The second kappa shape index (κ2) is 5.84. The van der Waals surface area contributed by atoms with Crippen LogP contribution in [0.3, 0.4) is 0 Å². The molecule has 102 valence electrons. The van der Waals surface area contributed by atoms with E-state index >= 15 is 0 Å². The monoisotopic (exact) mass is 365 g/mol. The number of fused-ring (bicyclic) bond motifs is 1. The van der Waals surface area contributed by atoms with Crippen molar-refractivity contribution in [3.05, 3.63) is 63.6 Å². The smallest absolute Gasteiger partial charge is 0.0953 e. The molecular formula is C16H13BrClNS. The topological polar surface area (TPSA) is 12.9 Å². The number of para-hydroxylation sites is 1. The Bertz CT molecular complexity index is 720. The van der Waals surface area contributed by atoms with Crippen molar-refractivity contribution in [3.8, 4) is 0 Å². The third-order valence-corrected chi connectivity index (χ3v) is 5.39. The molecule has 3 aromatic rings. The number of thiazole rings is 1. The molecular weight excluding hydrogens is 354 g/mol. The van der Waals surface area contributed by atoms with Gasteiger partial charge in [-0.1, -0.05) is 51.8 Å². The second-order valence-corrected chi connectivity index (χ2v) is 7.40. The van der Waals surface area contributed by atoms with Crippen LogP contribution in [0.1, 0.15) is 21.0 Å². The summed E-state index contributed by atoms with van der Waals surface area (Å²) in [6, 6.07) is 14.4. The average molecular weight is 367 g/mol. The summed E-state index contributed by atoms with van der Waals surface area (Å²) >= 11 is 11.8. The molecule has 20 heavy (non-hydrogen) atoms. The minimum Gasteiger partial charge on any atom is -0.241 e. The fraction of sp³-hybridized carbons (Fsp3) is 0.188. The van der Waals surface area contributed by atoms with Crippen molar-refractivity contribution in [1.29, 1.82) is 0 Å². The summed E-state index contributed by atoms with van der Waals surface area (Å²) < 4.78 is 1.23. The van der Waals surface area contributed by atoms with Crippen LogP contribution < -0.4 is 0 Å². The lowest BCUT2D eigenvalue weighted by Crippen LogP contribution is -1.96. The van der Waals surface area contributed by atoms with E-state index in [1.165, 1.54) is 10.3 Å². The fourth-order valence-corrected chi connectivity index (χ4v) is 4.59. The lowest BCUT2D eigenvalue weighted by molar-refractivity contribution is 0.938. The molecule has 1 heterocycles. The molecule has 0 amide bonds.